The Balaban J connectivity index is 2.34. The molecule has 3 N–H and O–H groups in total. The van der Waals surface area contributed by atoms with Gasteiger partial charge in [-0.2, -0.15) is 0 Å². The monoisotopic (exact) mass is 252 g/mol. The number of nitrogens with one attached hydrogen (secondary N) is 1. The van der Waals surface area contributed by atoms with Gasteiger partial charge in [0.05, 0.1) is 0 Å². The molecule has 0 atom stereocenters. The highest BCUT2D eigenvalue weighted by Gasteiger charge is 2.01. The fourth-order valence-electron chi connectivity index (χ4n) is 1.60. The zero-order valence-corrected chi connectivity index (χ0v) is 9.47. The van der Waals surface area contributed by atoms with Gasteiger partial charge in [0.25, 0.3) is 0 Å². The molecule has 0 spiro atoms. The normalized spacial score (nSPS) is 11.0. The van der Waals surface area contributed by atoms with E-state index in [2.05, 4.69) is 39.1 Å². The van der Waals surface area contributed by atoms with E-state index in [1.165, 1.54) is 16.5 Å². The third-order valence-electron chi connectivity index (χ3n) is 2.37. The number of nitrogens with two attached hydrogens (primary N) is 1. The van der Waals surface area contributed by atoms with Crippen molar-refractivity contribution in [2.24, 2.45) is 5.73 Å². The Bertz CT molecular complexity index is 434. The highest BCUT2D eigenvalue weighted by atomic mass is 79.9. The minimum Gasteiger partial charge on any atom is -0.360 e. The van der Waals surface area contributed by atoms with Crippen LogP contribution in [0.4, 0.5) is 0 Å². The molecule has 14 heavy (non-hydrogen) atoms. The molecule has 1 heterocycles. The van der Waals surface area contributed by atoms with Crippen molar-refractivity contribution in [3.8, 4) is 0 Å². The topological polar surface area (TPSA) is 41.8 Å². The molecular weight excluding hydrogens is 240 g/mol. The average Bonchev–Trinajstić information content (AvgIpc) is 2.57. The number of benzene rings is 1. The van der Waals surface area contributed by atoms with Crippen molar-refractivity contribution in [1.82, 2.24) is 4.98 Å². The zero-order chi connectivity index (χ0) is 9.97. The molecule has 74 valence electrons. The molecule has 0 radical (unpaired) electrons. The number of rotatable bonds is 3. The second-order valence-electron chi connectivity index (χ2n) is 3.41. The van der Waals surface area contributed by atoms with Crippen molar-refractivity contribution >= 4 is 26.8 Å². The smallest absolute Gasteiger partial charge is 0.0465 e. The number of aryl methyl sites for hydroxylation is 1. The van der Waals surface area contributed by atoms with Gasteiger partial charge in [0.2, 0.25) is 0 Å². The van der Waals surface area contributed by atoms with Crippen LogP contribution in [0.3, 0.4) is 0 Å². The summed E-state index contributed by atoms with van der Waals surface area (Å²) >= 11 is 3.51. The van der Waals surface area contributed by atoms with E-state index < -0.39 is 0 Å². The fraction of sp³-hybridized carbons (Fsp3) is 0.273. The van der Waals surface area contributed by atoms with E-state index in [0.29, 0.717) is 0 Å². The van der Waals surface area contributed by atoms with E-state index in [9.17, 15) is 0 Å². The summed E-state index contributed by atoms with van der Waals surface area (Å²) in [7, 11) is 0. The lowest BCUT2D eigenvalue weighted by Gasteiger charge is -2.00. The first kappa shape index (κ1) is 9.74. The lowest BCUT2D eigenvalue weighted by atomic mass is 10.1. The van der Waals surface area contributed by atoms with Gasteiger partial charge in [0.15, 0.2) is 0 Å². The Hall–Kier alpha value is -0.800. The van der Waals surface area contributed by atoms with E-state index in [-0.39, 0.29) is 0 Å². The lowest BCUT2D eigenvalue weighted by molar-refractivity contribution is 0.833. The number of aromatic nitrogens is 1. The maximum Gasteiger partial charge on any atom is 0.0465 e. The van der Waals surface area contributed by atoms with Crippen LogP contribution >= 0.6 is 15.9 Å². The fourth-order valence-corrected chi connectivity index (χ4v) is 2.04. The zero-order valence-electron chi connectivity index (χ0n) is 7.89. The summed E-state index contributed by atoms with van der Waals surface area (Å²) < 4.78 is 1.13. The van der Waals surface area contributed by atoms with Gasteiger partial charge in [-0.15, -0.1) is 0 Å². The minimum atomic E-state index is 0.756. The Labute approximate surface area is 91.6 Å². The molecule has 0 aliphatic carbocycles. The maximum absolute atomic E-state index is 5.48. The van der Waals surface area contributed by atoms with Crippen LogP contribution < -0.4 is 5.73 Å². The molecule has 0 fully saturated rings. The summed E-state index contributed by atoms with van der Waals surface area (Å²) in [4.78, 5) is 3.20. The lowest BCUT2D eigenvalue weighted by Crippen LogP contribution is -2.00. The summed E-state index contributed by atoms with van der Waals surface area (Å²) in [5.74, 6) is 0. The summed E-state index contributed by atoms with van der Waals surface area (Å²) in [5.41, 5.74) is 8.01. The molecule has 0 bridgehead atoms. The Morgan fingerprint density at radius 3 is 3.00 bits per heavy atom. The predicted molar refractivity (Wildman–Crippen MR) is 63.4 cm³/mol. The van der Waals surface area contributed by atoms with E-state index in [1.54, 1.807) is 0 Å². The van der Waals surface area contributed by atoms with Crippen molar-refractivity contribution in [1.29, 1.82) is 0 Å². The number of aromatic amines is 1. The first-order chi connectivity index (χ1) is 6.81. The van der Waals surface area contributed by atoms with Crippen molar-refractivity contribution in [2.75, 3.05) is 6.54 Å². The standard InChI is InChI=1S/C11H13BrN2/c12-10-7-14-11-4-3-8(2-1-5-13)6-9(10)11/h3-4,6-7,14H,1-2,5,13H2. The van der Waals surface area contributed by atoms with E-state index in [4.69, 9.17) is 5.73 Å². The number of hydrogen-bond acceptors (Lipinski definition) is 1. The van der Waals surface area contributed by atoms with Crippen LogP contribution in [0.1, 0.15) is 12.0 Å². The molecule has 0 amide bonds. The molecule has 2 rings (SSSR count). The number of halogens is 1. The molecule has 2 nitrogen and oxygen atoms in total. The van der Waals surface area contributed by atoms with Gasteiger partial charge >= 0.3 is 0 Å². The highest BCUT2D eigenvalue weighted by Crippen LogP contribution is 2.24. The summed E-state index contributed by atoms with van der Waals surface area (Å²) in [6, 6.07) is 6.48. The van der Waals surface area contributed by atoms with Crippen LogP contribution in [0.15, 0.2) is 28.9 Å². The molecule has 0 aliphatic rings. The summed E-state index contributed by atoms with van der Waals surface area (Å²) in [6.07, 6.45) is 4.08. The SMILES string of the molecule is NCCCc1ccc2[nH]cc(Br)c2c1. The van der Waals surface area contributed by atoms with Crippen molar-refractivity contribution in [2.45, 2.75) is 12.8 Å². The maximum atomic E-state index is 5.48. The third kappa shape index (κ3) is 1.83. The van der Waals surface area contributed by atoms with E-state index in [0.717, 1.165) is 23.9 Å². The van der Waals surface area contributed by atoms with Crippen molar-refractivity contribution < 1.29 is 0 Å². The molecule has 1 aromatic carbocycles. The largest absolute Gasteiger partial charge is 0.360 e. The highest BCUT2D eigenvalue weighted by molar-refractivity contribution is 9.10. The molecule has 0 aliphatic heterocycles. The van der Waals surface area contributed by atoms with Crippen LogP contribution in [0, 0.1) is 0 Å². The minimum absolute atomic E-state index is 0.756. The van der Waals surface area contributed by atoms with Crippen molar-refractivity contribution in [3.05, 3.63) is 34.4 Å². The average molecular weight is 253 g/mol. The van der Waals surface area contributed by atoms with E-state index >= 15 is 0 Å². The molecule has 3 heteroatoms. The predicted octanol–water partition coefficient (Wildman–Crippen LogP) is 2.82. The number of hydrogen-bond donors (Lipinski definition) is 2. The molecule has 0 unspecified atom stereocenters. The van der Waals surface area contributed by atoms with Crippen molar-refractivity contribution in [3.63, 3.8) is 0 Å². The van der Waals surface area contributed by atoms with Crippen LogP contribution in [0.5, 0.6) is 0 Å². The van der Waals surface area contributed by atoms with E-state index in [1.807, 2.05) is 6.20 Å². The Kier molecular flexibility index (Phi) is 2.89. The molecular formula is C11H13BrN2. The molecule has 0 saturated heterocycles. The van der Waals surface area contributed by atoms with Gasteiger partial charge in [-0.05, 0) is 53.0 Å². The van der Waals surface area contributed by atoms with Gasteiger partial charge in [0, 0.05) is 21.6 Å². The number of fused-ring (bicyclic) bond motifs is 1. The second kappa shape index (κ2) is 4.15. The van der Waals surface area contributed by atoms with Crippen LogP contribution in [0.25, 0.3) is 10.9 Å². The van der Waals surface area contributed by atoms with Gasteiger partial charge in [-0.3, -0.25) is 0 Å². The van der Waals surface area contributed by atoms with Gasteiger partial charge in [-0.25, -0.2) is 0 Å². The van der Waals surface area contributed by atoms with Gasteiger partial charge < -0.3 is 10.7 Å². The summed E-state index contributed by atoms with van der Waals surface area (Å²) in [6.45, 7) is 0.756. The van der Waals surface area contributed by atoms with Crippen LogP contribution in [-0.2, 0) is 6.42 Å². The van der Waals surface area contributed by atoms with Gasteiger partial charge in [0.1, 0.15) is 0 Å². The second-order valence-corrected chi connectivity index (χ2v) is 4.26. The Morgan fingerprint density at radius 2 is 2.21 bits per heavy atom. The first-order valence-electron chi connectivity index (χ1n) is 4.77. The van der Waals surface area contributed by atoms with Gasteiger partial charge in [-0.1, -0.05) is 6.07 Å². The first-order valence-corrected chi connectivity index (χ1v) is 5.56. The molecule has 2 aromatic rings. The third-order valence-corrected chi connectivity index (χ3v) is 3.02. The quantitative estimate of drug-likeness (QED) is 0.867. The van der Waals surface area contributed by atoms with Crippen LogP contribution in [0.2, 0.25) is 0 Å². The summed E-state index contributed by atoms with van der Waals surface area (Å²) in [5, 5.41) is 1.25. The van der Waals surface area contributed by atoms with Crippen LogP contribution in [-0.4, -0.2) is 11.5 Å². The molecule has 1 aromatic heterocycles. The Morgan fingerprint density at radius 1 is 1.36 bits per heavy atom. The number of H-pyrrole nitrogens is 1. The molecule has 0 saturated carbocycles.